The van der Waals surface area contributed by atoms with E-state index in [2.05, 4.69) is 11.6 Å². The van der Waals surface area contributed by atoms with E-state index in [-0.39, 0.29) is 11.4 Å². The van der Waals surface area contributed by atoms with Crippen LogP contribution in [-0.2, 0) is 23.0 Å². The summed E-state index contributed by atoms with van der Waals surface area (Å²) in [6, 6.07) is 14.2. The topological polar surface area (TPSA) is 46.2 Å². The molecule has 2 aromatic carbocycles. The highest BCUT2D eigenvalue weighted by Crippen LogP contribution is 2.16. The molecule has 0 aliphatic rings. The lowest BCUT2D eigenvalue weighted by molar-refractivity contribution is 0.581. The fourth-order valence-electron chi connectivity index (χ4n) is 2.02. The molecule has 0 aliphatic carbocycles. The largest absolute Gasteiger partial charge is 0.240 e. The van der Waals surface area contributed by atoms with Gasteiger partial charge in [0, 0.05) is 11.6 Å². The number of hydrogen-bond acceptors (Lipinski definition) is 2. The monoisotopic (exact) mass is 323 g/mol. The van der Waals surface area contributed by atoms with Crippen molar-refractivity contribution in [1.29, 1.82) is 0 Å². The van der Waals surface area contributed by atoms with Crippen LogP contribution in [0.4, 0.5) is 0 Å². The molecule has 0 bridgehead atoms. The zero-order chi connectivity index (χ0) is 15.3. The summed E-state index contributed by atoms with van der Waals surface area (Å²) in [4.78, 5) is 0.273. The Kier molecular flexibility index (Phi) is 5.39. The predicted octanol–water partition coefficient (Wildman–Crippen LogP) is 3.77. The van der Waals surface area contributed by atoms with Gasteiger partial charge in [0.15, 0.2) is 0 Å². The molecule has 0 saturated carbocycles. The Hall–Kier alpha value is -1.36. The summed E-state index contributed by atoms with van der Waals surface area (Å²) in [5.74, 6) is 0. The minimum Gasteiger partial charge on any atom is -0.207 e. The summed E-state index contributed by atoms with van der Waals surface area (Å²) in [6.07, 6.45) is 1.99. The van der Waals surface area contributed by atoms with E-state index < -0.39 is 10.0 Å². The van der Waals surface area contributed by atoms with Crippen LogP contribution in [0.3, 0.4) is 0 Å². The van der Waals surface area contributed by atoms with Crippen LogP contribution in [0.15, 0.2) is 53.4 Å². The molecule has 0 fully saturated rings. The van der Waals surface area contributed by atoms with E-state index in [1.807, 2.05) is 24.3 Å². The number of halogens is 1. The molecule has 0 aliphatic heterocycles. The standard InChI is InChI=1S/C16H18ClNO2S/c1-2-5-13-8-10-15(11-9-13)21(19,20)18-12-14-6-3-4-7-16(14)17/h3-4,6-11,18H,2,5,12H2,1H3. The molecule has 0 unspecified atom stereocenters. The predicted molar refractivity (Wildman–Crippen MR) is 85.9 cm³/mol. The van der Waals surface area contributed by atoms with Crippen molar-refractivity contribution in [3.8, 4) is 0 Å². The van der Waals surface area contributed by atoms with Gasteiger partial charge in [-0.05, 0) is 35.7 Å². The molecule has 0 saturated heterocycles. The van der Waals surface area contributed by atoms with E-state index in [4.69, 9.17) is 11.6 Å². The lowest BCUT2D eigenvalue weighted by Crippen LogP contribution is -2.23. The van der Waals surface area contributed by atoms with Gasteiger partial charge in [-0.25, -0.2) is 13.1 Å². The van der Waals surface area contributed by atoms with E-state index in [0.717, 1.165) is 24.0 Å². The van der Waals surface area contributed by atoms with Gasteiger partial charge in [-0.3, -0.25) is 0 Å². The van der Waals surface area contributed by atoms with Crippen LogP contribution >= 0.6 is 11.6 Å². The van der Waals surface area contributed by atoms with Crippen molar-refractivity contribution in [3.63, 3.8) is 0 Å². The molecule has 112 valence electrons. The van der Waals surface area contributed by atoms with Crippen LogP contribution in [0.2, 0.25) is 5.02 Å². The van der Waals surface area contributed by atoms with Crippen LogP contribution in [0, 0.1) is 0 Å². The molecule has 0 atom stereocenters. The number of rotatable bonds is 6. The number of sulfonamides is 1. The summed E-state index contributed by atoms with van der Waals surface area (Å²) in [5.41, 5.74) is 1.90. The van der Waals surface area contributed by atoms with Gasteiger partial charge in [0.05, 0.1) is 4.90 Å². The number of hydrogen-bond donors (Lipinski definition) is 1. The first kappa shape index (κ1) is 16.0. The maximum absolute atomic E-state index is 12.2. The van der Waals surface area contributed by atoms with E-state index in [1.54, 1.807) is 24.3 Å². The van der Waals surface area contributed by atoms with Crippen molar-refractivity contribution in [1.82, 2.24) is 4.72 Å². The maximum Gasteiger partial charge on any atom is 0.240 e. The van der Waals surface area contributed by atoms with Crippen LogP contribution in [-0.4, -0.2) is 8.42 Å². The molecule has 0 radical (unpaired) electrons. The summed E-state index contributed by atoms with van der Waals surface area (Å²) >= 11 is 6.02. The van der Waals surface area contributed by atoms with Crippen molar-refractivity contribution in [2.75, 3.05) is 0 Å². The first-order valence-electron chi connectivity index (χ1n) is 6.85. The Labute approximate surface area is 131 Å². The minimum absolute atomic E-state index is 0.179. The lowest BCUT2D eigenvalue weighted by Gasteiger charge is -2.08. The summed E-state index contributed by atoms with van der Waals surface area (Å²) in [7, 11) is -3.52. The Morgan fingerprint density at radius 2 is 1.71 bits per heavy atom. The Bertz CT molecular complexity index is 696. The third-order valence-electron chi connectivity index (χ3n) is 3.18. The molecule has 2 aromatic rings. The van der Waals surface area contributed by atoms with Crippen LogP contribution in [0.25, 0.3) is 0 Å². The number of nitrogens with one attached hydrogen (secondary N) is 1. The zero-order valence-electron chi connectivity index (χ0n) is 11.8. The molecule has 21 heavy (non-hydrogen) atoms. The minimum atomic E-state index is -3.52. The summed E-state index contributed by atoms with van der Waals surface area (Å²) < 4.78 is 27.0. The summed E-state index contributed by atoms with van der Waals surface area (Å²) in [6.45, 7) is 2.27. The quantitative estimate of drug-likeness (QED) is 0.879. The SMILES string of the molecule is CCCc1ccc(S(=O)(=O)NCc2ccccc2Cl)cc1. The second-order valence-electron chi connectivity index (χ2n) is 4.81. The molecule has 0 amide bonds. The maximum atomic E-state index is 12.2. The van der Waals surface area contributed by atoms with E-state index >= 15 is 0 Å². The fourth-order valence-corrected chi connectivity index (χ4v) is 3.23. The molecule has 1 N–H and O–H groups in total. The van der Waals surface area contributed by atoms with Gasteiger partial charge in [-0.1, -0.05) is 55.3 Å². The van der Waals surface area contributed by atoms with Crippen LogP contribution in [0.1, 0.15) is 24.5 Å². The van der Waals surface area contributed by atoms with Crippen LogP contribution < -0.4 is 4.72 Å². The van der Waals surface area contributed by atoms with E-state index in [0.29, 0.717) is 5.02 Å². The molecule has 0 heterocycles. The van der Waals surface area contributed by atoms with Gasteiger partial charge in [0.25, 0.3) is 0 Å². The van der Waals surface area contributed by atoms with Crippen molar-refractivity contribution in [2.24, 2.45) is 0 Å². The fraction of sp³-hybridized carbons (Fsp3) is 0.250. The van der Waals surface area contributed by atoms with Gasteiger partial charge in [0.2, 0.25) is 10.0 Å². The van der Waals surface area contributed by atoms with Crippen LogP contribution in [0.5, 0.6) is 0 Å². The molecule has 0 aromatic heterocycles. The molecular formula is C16H18ClNO2S. The van der Waals surface area contributed by atoms with E-state index in [1.165, 1.54) is 0 Å². The molecular weight excluding hydrogens is 306 g/mol. The smallest absolute Gasteiger partial charge is 0.207 e. The highest BCUT2D eigenvalue weighted by molar-refractivity contribution is 7.89. The Balaban J connectivity index is 2.09. The molecule has 5 heteroatoms. The number of aryl methyl sites for hydroxylation is 1. The first-order chi connectivity index (χ1) is 10.0. The average molecular weight is 324 g/mol. The van der Waals surface area contributed by atoms with Gasteiger partial charge in [0.1, 0.15) is 0 Å². The van der Waals surface area contributed by atoms with Crippen molar-refractivity contribution < 1.29 is 8.42 Å². The van der Waals surface area contributed by atoms with Gasteiger partial charge in [-0.2, -0.15) is 0 Å². The Morgan fingerprint density at radius 1 is 1.05 bits per heavy atom. The highest BCUT2D eigenvalue weighted by Gasteiger charge is 2.14. The third-order valence-corrected chi connectivity index (χ3v) is 4.97. The first-order valence-corrected chi connectivity index (χ1v) is 8.71. The second kappa shape index (κ2) is 7.07. The average Bonchev–Trinajstić information content (AvgIpc) is 2.47. The zero-order valence-corrected chi connectivity index (χ0v) is 13.4. The molecule has 0 spiro atoms. The number of benzene rings is 2. The van der Waals surface area contributed by atoms with Gasteiger partial charge >= 0.3 is 0 Å². The molecule has 2 rings (SSSR count). The molecule has 3 nitrogen and oxygen atoms in total. The Morgan fingerprint density at radius 3 is 2.33 bits per heavy atom. The lowest BCUT2D eigenvalue weighted by atomic mass is 10.1. The van der Waals surface area contributed by atoms with Gasteiger partial charge < -0.3 is 0 Å². The highest BCUT2D eigenvalue weighted by atomic mass is 35.5. The van der Waals surface area contributed by atoms with Crippen molar-refractivity contribution >= 4 is 21.6 Å². The third kappa shape index (κ3) is 4.30. The summed E-state index contributed by atoms with van der Waals surface area (Å²) in [5, 5.41) is 0.554. The second-order valence-corrected chi connectivity index (χ2v) is 6.98. The van der Waals surface area contributed by atoms with Crippen molar-refractivity contribution in [3.05, 3.63) is 64.7 Å². The normalized spacial score (nSPS) is 11.5. The van der Waals surface area contributed by atoms with Gasteiger partial charge in [-0.15, -0.1) is 0 Å². The van der Waals surface area contributed by atoms with Crippen molar-refractivity contribution in [2.45, 2.75) is 31.2 Å². The van der Waals surface area contributed by atoms with E-state index in [9.17, 15) is 8.42 Å².